The van der Waals surface area contributed by atoms with Crippen LogP contribution >= 0.6 is 22.7 Å². The van der Waals surface area contributed by atoms with E-state index >= 15 is 0 Å². The minimum absolute atomic E-state index is 0.210. The number of nitrogens with zero attached hydrogens (tertiary/aromatic N) is 1. The zero-order valence-corrected chi connectivity index (χ0v) is 14.6. The maximum Gasteiger partial charge on any atom is 0.228 e. The van der Waals surface area contributed by atoms with E-state index in [9.17, 15) is 4.79 Å². The number of aromatic nitrogens is 1. The summed E-state index contributed by atoms with van der Waals surface area (Å²) in [5.41, 5.74) is 2.60. The molecule has 2 aromatic heterocycles. The first-order valence-electron chi connectivity index (χ1n) is 8.20. The van der Waals surface area contributed by atoms with E-state index in [1.165, 1.54) is 11.3 Å². The Bertz CT molecular complexity index is 655. The molecule has 4 heterocycles. The first-order chi connectivity index (χ1) is 11.3. The van der Waals surface area contributed by atoms with Crippen LogP contribution in [0.1, 0.15) is 29.8 Å². The van der Waals surface area contributed by atoms with Gasteiger partial charge in [-0.2, -0.15) is 0 Å². The highest BCUT2D eigenvalue weighted by molar-refractivity contribution is 7.09. The van der Waals surface area contributed by atoms with E-state index < -0.39 is 0 Å². The van der Waals surface area contributed by atoms with Gasteiger partial charge >= 0.3 is 0 Å². The molecule has 1 amide bonds. The maximum absolute atomic E-state index is 13.0. The lowest BCUT2D eigenvalue weighted by molar-refractivity contribution is -0.132. The van der Waals surface area contributed by atoms with Crippen molar-refractivity contribution >= 4 is 28.6 Å². The number of amides is 1. The average molecular weight is 348 g/mol. The lowest BCUT2D eigenvalue weighted by Gasteiger charge is -2.34. The summed E-state index contributed by atoms with van der Waals surface area (Å²) in [7, 11) is 0. The molecule has 2 bridgehead atoms. The molecular formula is C17H21N3OS2. The van der Waals surface area contributed by atoms with Crippen molar-refractivity contribution < 1.29 is 4.79 Å². The number of rotatable bonds is 6. The molecule has 2 aromatic rings. The van der Waals surface area contributed by atoms with E-state index in [1.54, 1.807) is 22.7 Å². The molecule has 4 rings (SSSR count). The molecule has 0 unspecified atom stereocenters. The fraction of sp³-hybridized carbons (Fsp3) is 0.529. The van der Waals surface area contributed by atoms with Crippen LogP contribution in [0.25, 0.3) is 0 Å². The summed E-state index contributed by atoms with van der Waals surface area (Å²) < 4.78 is 0. The van der Waals surface area contributed by atoms with Crippen molar-refractivity contribution in [3.8, 4) is 0 Å². The molecule has 4 nitrogen and oxygen atoms in total. The van der Waals surface area contributed by atoms with Crippen molar-refractivity contribution in [3.05, 3.63) is 39.0 Å². The molecule has 6 heteroatoms. The Morgan fingerprint density at radius 2 is 2.43 bits per heavy atom. The van der Waals surface area contributed by atoms with Gasteiger partial charge in [-0.25, -0.2) is 4.98 Å². The normalized spacial score (nSPS) is 29.0. The number of carbonyl (C=O) groups is 1. The molecule has 2 N–H and O–H groups in total. The van der Waals surface area contributed by atoms with E-state index in [0.29, 0.717) is 12.1 Å². The Labute approximate surface area is 144 Å². The molecule has 0 aromatic carbocycles. The van der Waals surface area contributed by atoms with Crippen molar-refractivity contribution in [2.75, 3.05) is 6.54 Å². The van der Waals surface area contributed by atoms with E-state index in [1.807, 2.05) is 5.51 Å². The van der Waals surface area contributed by atoms with Gasteiger partial charge < -0.3 is 10.6 Å². The average Bonchev–Trinajstić information content (AvgIpc) is 3.32. The number of fused-ring (bicyclic) bond motifs is 2. The van der Waals surface area contributed by atoms with Crippen LogP contribution in [0.2, 0.25) is 0 Å². The van der Waals surface area contributed by atoms with Gasteiger partial charge in [0.25, 0.3) is 0 Å². The Hall–Kier alpha value is -1.24. The summed E-state index contributed by atoms with van der Waals surface area (Å²) in [5, 5.41) is 11.0. The van der Waals surface area contributed by atoms with Gasteiger partial charge in [-0.15, -0.1) is 22.7 Å². The van der Waals surface area contributed by atoms with Crippen molar-refractivity contribution in [1.82, 2.24) is 15.6 Å². The van der Waals surface area contributed by atoms with Crippen molar-refractivity contribution in [1.29, 1.82) is 0 Å². The summed E-state index contributed by atoms with van der Waals surface area (Å²) >= 11 is 3.36. The molecule has 3 atom stereocenters. The Morgan fingerprint density at radius 3 is 3.09 bits per heavy atom. The lowest BCUT2D eigenvalue weighted by Crippen LogP contribution is -2.50. The first kappa shape index (κ1) is 15.3. The number of hydrogen-bond acceptors (Lipinski definition) is 5. The third-order valence-corrected chi connectivity index (χ3v) is 6.76. The largest absolute Gasteiger partial charge is 0.355 e. The monoisotopic (exact) mass is 347 g/mol. The van der Waals surface area contributed by atoms with Crippen LogP contribution in [0.15, 0.2) is 28.4 Å². The highest BCUT2D eigenvalue weighted by Gasteiger charge is 2.55. The predicted octanol–water partition coefficient (Wildman–Crippen LogP) is 2.62. The number of thiazole rings is 1. The van der Waals surface area contributed by atoms with Crippen molar-refractivity contribution in [3.63, 3.8) is 0 Å². The highest BCUT2D eigenvalue weighted by atomic mass is 32.1. The zero-order valence-electron chi connectivity index (χ0n) is 13.0. The topological polar surface area (TPSA) is 54.0 Å². The Kier molecular flexibility index (Phi) is 4.22. The fourth-order valence-corrected chi connectivity index (χ4v) is 5.37. The summed E-state index contributed by atoms with van der Waals surface area (Å²) in [6, 6.07) is 4.99. The molecule has 0 aliphatic carbocycles. The van der Waals surface area contributed by atoms with Crippen LogP contribution in [-0.2, 0) is 17.6 Å². The van der Waals surface area contributed by atoms with Gasteiger partial charge in [0, 0.05) is 35.3 Å². The SMILES string of the molecule is O=C(NCCc1cccs1)[C@]1(Cc2cscn2)C[C@@H]2CC[C@H]1N2. The number of hydrogen-bond donors (Lipinski definition) is 2. The second kappa shape index (κ2) is 6.34. The van der Waals surface area contributed by atoms with Crippen molar-refractivity contribution in [2.24, 2.45) is 5.41 Å². The van der Waals surface area contributed by atoms with Crippen LogP contribution < -0.4 is 10.6 Å². The van der Waals surface area contributed by atoms with Gasteiger partial charge in [0.05, 0.1) is 16.6 Å². The molecule has 0 radical (unpaired) electrons. The minimum atomic E-state index is -0.313. The molecule has 2 saturated heterocycles. The molecule has 23 heavy (non-hydrogen) atoms. The van der Waals surface area contributed by atoms with Gasteiger partial charge in [-0.3, -0.25) is 4.79 Å². The predicted molar refractivity (Wildman–Crippen MR) is 93.8 cm³/mol. The van der Waals surface area contributed by atoms with E-state index in [4.69, 9.17) is 0 Å². The van der Waals surface area contributed by atoms with Gasteiger partial charge in [-0.05, 0) is 37.1 Å². The van der Waals surface area contributed by atoms with Crippen LogP contribution in [0.5, 0.6) is 0 Å². The van der Waals surface area contributed by atoms with Crippen LogP contribution in [0, 0.1) is 5.41 Å². The van der Waals surface area contributed by atoms with Crippen LogP contribution in [-0.4, -0.2) is 29.5 Å². The zero-order chi connectivity index (χ0) is 15.7. The number of nitrogens with one attached hydrogen (secondary N) is 2. The van der Waals surface area contributed by atoms with E-state index in [2.05, 4.69) is 38.5 Å². The summed E-state index contributed by atoms with van der Waals surface area (Å²) in [5.74, 6) is 0.210. The molecule has 0 saturated carbocycles. The van der Waals surface area contributed by atoms with E-state index in [-0.39, 0.29) is 11.3 Å². The minimum Gasteiger partial charge on any atom is -0.355 e. The third-order valence-electron chi connectivity index (χ3n) is 5.19. The van der Waals surface area contributed by atoms with Gasteiger partial charge in [0.2, 0.25) is 5.91 Å². The fourth-order valence-electron chi connectivity index (χ4n) is 4.10. The lowest BCUT2D eigenvalue weighted by atomic mass is 9.70. The molecule has 2 fully saturated rings. The number of thiophene rings is 1. The summed E-state index contributed by atoms with van der Waals surface area (Å²) in [4.78, 5) is 18.8. The second-order valence-corrected chi connectivity index (χ2v) is 8.35. The summed E-state index contributed by atoms with van der Waals surface area (Å²) in [6.45, 7) is 0.718. The molecule has 122 valence electrons. The quantitative estimate of drug-likeness (QED) is 0.845. The van der Waals surface area contributed by atoms with Gasteiger partial charge in [0.1, 0.15) is 0 Å². The standard InChI is InChI=1S/C17H21N3OS2/c21-16(18-6-5-14-2-1-7-23-14)17(9-13-10-22-11-19-13)8-12-3-4-15(17)20-12/h1-2,7,10-12,15,20H,3-6,8-9H2,(H,18,21)/t12-,15+,17-/m0/s1. The maximum atomic E-state index is 13.0. The summed E-state index contributed by atoms with van der Waals surface area (Å²) in [6.07, 6.45) is 4.92. The molecule has 0 spiro atoms. The second-order valence-electron chi connectivity index (χ2n) is 6.60. The van der Waals surface area contributed by atoms with E-state index in [0.717, 1.165) is 37.9 Å². The molecule has 2 aliphatic heterocycles. The van der Waals surface area contributed by atoms with Gasteiger partial charge in [0.15, 0.2) is 0 Å². The first-order valence-corrected chi connectivity index (χ1v) is 10.0. The van der Waals surface area contributed by atoms with Crippen molar-refractivity contribution in [2.45, 2.75) is 44.2 Å². The number of carbonyl (C=O) groups excluding carboxylic acids is 1. The Balaban J connectivity index is 1.45. The highest BCUT2D eigenvalue weighted by Crippen LogP contribution is 2.45. The molecule has 2 aliphatic rings. The van der Waals surface area contributed by atoms with Crippen LogP contribution in [0.3, 0.4) is 0 Å². The smallest absolute Gasteiger partial charge is 0.228 e. The molecular weight excluding hydrogens is 326 g/mol. The van der Waals surface area contributed by atoms with Crippen LogP contribution in [0.4, 0.5) is 0 Å². The third kappa shape index (κ3) is 2.95. The van der Waals surface area contributed by atoms with Gasteiger partial charge in [-0.1, -0.05) is 6.07 Å². The Morgan fingerprint density at radius 1 is 1.48 bits per heavy atom.